The first kappa shape index (κ1) is 22.4. The maximum atomic E-state index is 12.4. The van der Waals surface area contributed by atoms with Crippen molar-refractivity contribution < 1.29 is 70.9 Å². The predicted molar refractivity (Wildman–Crippen MR) is 69.8 cm³/mol. The number of rotatable bonds is 4. The van der Waals surface area contributed by atoms with Gasteiger partial charge in [-0.05, 0) is 0 Å². The summed E-state index contributed by atoms with van der Waals surface area (Å²) in [4.78, 5) is 48.2. The van der Waals surface area contributed by atoms with Crippen molar-refractivity contribution in [2.24, 2.45) is 23.7 Å². The fourth-order valence-electron chi connectivity index (χ4n) is 3.16. The topological polar surface area (TPSA) is 161 Å². The van der Waals surface area contributed by atoms with Crippen LogP contribution in [0.3, 0.4) is 0 Å². The summed E-state index contributed by atoms with van der Waals surface area (Å²) in [6.45, 7) is 0. The molecule has 12 nitrogen and oxygen atoms in total. The van der Waals surface area contributed by atoms with Crippen LogP contribution in [0, 0.1) is 23.7 Å². The lowest BCUT2D eigenvalue weighted by molar-refractivity contribution is -0.173. The average Bonchev–Trinajstić information content (AvgIpc) is 2.82. The summed E-state index contributed by atoms with van der Waals surface area (Å²) in [5.74, 6) is -15.1. The number of alkyl halides is 6. The van der Waals surface area contributed by atoms with Gasteiger partial charge < -0.3 is 0 Å². The minimum Gasteiger partial charge on any atom is -0.272 e. The van der Waals surface area contributed by atoms with E-state index in [1.807, 2.05) is 0 Å². The van der Waals surface area contributed by atoms with Crippen molar-refractivity contribution in [3.8, 4) is 0 Å². The number of imide groups is 2. The molecule has 0 aromatic heterocycles. The van der Waals surface area contributed by atoms with Gasteiger partial charge >= 0.3 is 31.3 Å². The molecule has 0 aromatic rings. The van der Waals surface area contributed by atoms with Crippen molar-refractivity contribution in [2.75, 3.05) is 0 Å². The van der Waals surface area contributed by atoms with Gasteiger partial charge in [-0.1, -0.05) is 0 Å². The quantitative estimate of drug-likeness (QED) is 0.265. The van der Waals surface area contributed by atoms with E-state index in [2.05, 4.69) is 8.57 Å². The van der Waals surface area contributed by atoms with Gasteiger partial charge in [0.05, 0.1) is 23.7 Å². The van der Waals surface area contributed by atoms with Crippen LogP contribution in [0.25, 0.3) is 0 Å². The van der Waals surface area contributed by atoms with Gasteiger partial charge in [0.25, 0.3) is 23.6 Å². The zero-order valence-corrected chi connectivity index (χ0v) is 15.0. The smallest absolute Gasteiger partial charge is 0.272 e. The Kier molecular flexibility index (Phi) is 4.55. The molecule has 2 saturated heterocycles. The second-order valence-corrected chi connectivity index (χ2v) is 9.03. The molecule has 2 aliphatic heterocycles. The number of nitrogens with zero attached hydrogens (tertiary/aromatic N) is 2. The molecular formula is C10H4F6N2O10S2. The second-order valence-electron chi connectivity index (χ2n) is 5.99. The van der Waals surface area contributed by atoms with Gasteiger partial charge in [-0.3, -0.25) is 19.2 Å². The fourth-order valence-corrected chi connectivity index (χ4v) is 4.02. The molecule has 0 N–H and O–H groups in total. The molecule has 168 valence electrons. The molecule has 0 bridgehead atoms. The zero-order valence-electron chi connectivity index (χ0n) is 13.4. The zero-order chi connectivity index (χ0) is 23.2. The molecule has 0 spiro atoms. The van der Waals surface area contributed by atoms with Gasteiger partial charge in [-0.25, -0.2) is 0 Å². The first-order chi connectivity index (χ1) is 13.3. The van der Waals surface area contributed by atoms with E-state index in [4.69, 9.17) is 0 Å². The first-order valence-electron chi connectivity index (χ1n) is 7.11. The summed E-state index contributed by atoms with van der Waals surface area (Å²) in [5, 5.41) is -1.65. The van der Waals surface area contributed by atoms with Crippen molar-refractivity contribution in [3.05, 3.63) is 0 Å². The molecule has 30 heavy (non-hydrogen) atoms. The highest BCUT2D eigenvalue weighted by molar-refractivity contribution is 7.87. The standard InChI is InChI=1S/C10H4F6N2O10S2/c11-9(12,13)29(23,24)27-17-5(19)1-2(6(17)20)4-3(1)7(21)18(8(4)22)28-30(25,26)10(14,15)16/h1-4H. The Hall–Kier alpha value is -2.32. The van der Waals surface area contributed by atoms with Crippen LogP contribution in [0.1, 0.15) is 0 Å². The van der Waals surface area contributed by atoms with E-state index in [0.29, 0.717) is 0 Å². The maximum Gasteiger partial charge on any atom is 0.525 e. The molecule has 4 amide bonds. The molecule has 1 saturated carbocycles. The van der Waals surface area contributed by atoms with Gasteiger partial charge in [-0.15, -0.1) is 18.7 Å². The van der Waals surface area contributed by atoms with E-state index in [0.717, 1.165) is 0 Å². The highest BCUT2D eigenvalue weighted by Gasteiger charge is 2.76. The summed E-state index contributed by atoms with van der Waals surface area (Å²) < 4.78 is 125. The van der Waals surface area contributed by atoms with Gasteiger partial charge in [0.2, 0.25) is 0 Å². The number of halogens is 6. The highest BCUT2D eigenvalue weighted by atomic mass is 32.2. The summed E-state index contributed by atoms with van der Waals surface area (Å²) in [5.41, 5.74) is -12.1. The first-order valence-corrected chi connectivity index (χ1v) is 9.92. The molecule has 0 radical (unpaired) electrons. The Morgan fingerprint density at radius 1 is 0.567 bits per heavy atom. The Morgan fingerprint density at radius 2 is 0.767 bits per heavy atom. The minimum atomic E-state index is -6.49. The third kappa shape index (κ3) is 2.88. The van der Waals surface area contributed by atoms with Gasteiger partial charge in [0, 0.05) is 0 Å². The molecule has 1 aliphatic carbocycles. The van der Waals surface area contributed by atoms with Crippen LogP contribution in [0.15, 0.2) is 0 Å². The van der Waals surface area contributed by atoms with E-state index in [9.17, 15) is 62.4 Å². The minimum absolute atomic E-state index is 0.825. The van der Waals surface area contributed by atoms with E-state index in [1.165, 1.54) is 0 Å². The SMILES string of the molecule is O=C1C2C(C(=O)N1OS(=O)(=O)C(F)(F)F)C1C(=O)N(OS(=O)(=O)C(F)(F)F)C(=O)C21. The van der Waals surface area contributed by atoms with Crippen LogP contribution in [-0.2, 0) is 48.0 Å². The normalized spacial score (nSPS) is 29.9. The summed E-state index contributed by atoms with van der Waals surface area (Å²) in [7, 11) is -13.0. The predicted octanol–water partition coefficient (Wildman–Crippen LogP) is -1.24. The Morgan fingerprint density at radius 3 is 0.933 bits per heavy atom. The molecule has 3 fully saturated rings. The number of amides is 4. The van der Waals surface area contributed by atoms with E-state index in [-0.39, 0.29) is 0 Å². The van der Waals surface area contributed by atoms with Crippen LogP contribution < -0.4 is 0 Å². The number of carbonyl (C=O) groups is 4. The van der Waals surface area contributed by atoms with Crippen molar-refractivity contribution >= 4 is 43.9 Å². The van der Waals surface area contributed by atoms with Crippen LogP contribution >= 0.6 is 0 Å². The van der Waals surface area contributed by atoms with Gasteiger partial charge in [-0.2, -0.15) is 43.2 Å². The third-order valence-electron chi connectivity index (χ3n) is 4.40. The summed E-state index contributed by atoms with van der Waals surface area (Å²) in [6, 6.07) is 0. The number of hydrogen-bond donors (Lipinski definition) is 0. The summed E-state index contributed by atoms with van der Waals surface area (Å²) in [6.07, 6.45) is 0. The lowest BCUT2D eigenvalue weighted by Gasteiger charge is -2.35. The number of fused-ring (bicyclic) bond motifs is 4. The van der Waals surface area contributed by atoms with E-state index in [1.54, 1.807) is 0 Å². The van der Waals surface area contributed by atoms with Crippen molar-refractivity contribution in [2.45, 2.75) is 11.0 Å². The van der Waals surface area contributed by atoms with E-state index < -0.39 is 88.7 Å². The van der Waals surface area contributed by atoms with Crippen LogP contribution in [0.5, 0.6) is 0 Å². The van der Waals surface area contributed by atoms with Crippen LogP contribution in [-0.4, -0.2) is 61.6 Å². The van der Waals surface area contributed by atoms with Gasteiger partial charge in [0.1, 0.15) is 0 Å². The fraction of sp³-hybridized carbons (Fsp3) is 0.600. The van der Waals surface area contributed by atoms with Crippen LogP contribution in [0.2, 0.25) is 0 Å². The number of hydroxylamine groups is 4. The molecule has 0 aromatic carbocycles. The maximum absolute atomic E-state index is 12.4. The van der Waals surface area contributed by atoms with Crippen molar-refractivity contribution in [1.29, 1.82) is 0 Å². The average molecular weight is 490 g/mol. The molecule has 0 atom stereocenters. The number of carbonyl (C=O) groups excluding carboxylic acids is 4. The van der Waals surface area contributed by atoms with Gasteiger partial charge in [0.15, 0.2) is 0 Å². The highest BCUT2D eigenvalue weighted by Crippen LogP contribution is 2.57. The molecule has 20 heteroatoms. The molecular weight excluding hydrogens is 486 g/mol. The largest absolute Gasteiger partial charge is 0.525 e. The van der Waals surface area contributed by atoms with Crippen molar-refractivity contribution in [3.63, 3.8) is 0 Å². The Balaban J connectivity index is 1.86. The Labute approximate surface area is 160 Å². The number of hydrogen-bond acceptors (Lipinski definition) is 10. The second kappa shape index (κ2) is 6.11. The molecule has 3 aliphatic rings. The molecule has 2 heterocycles. The summed E-state index contributed by atoms with van der Waals surface area (Å²) >= 11 is 0. The molecule has 0 unspecified atom stereocenters. The lowest BCUT2D eigenvalue weighted by Crippen LogP contribution is -2.50. The van der Waals surface area contributed by atoms with Crippen LogP contribution in [0.4, 0.5) is 26.3 Å². The lowest BCUT2D eigenvalue weighted by atomic mass is 9.59. The Bertz CT molecular complexity index is 946. The monoisotopic (exact) mass is 490 g/mol. The molecule has 3 rings (SSSR count). The van der Waals surface area contributed by atoms with Crippen molar-refractivity contribution in [1.82, 2.24) is 10.1 Å². The third-order valence-corrected chi connectivity index (χ3v) is 6.23. The van der Waals surface area contributed by atoms with E-state index >= 15 is 0 Å².